The Bertz CT molecular complexity index is 1040. The van der Waals surface area contributed by atoms with Gasteiger partial charge in [0.1, 0.15) is 6.04 Å². The minimum Gasteiger partial charge on any atom is -0.357 e. The van der Waals surface area contributed by atoms with Gasteiger partial charge in [-0.3, -0.25) is 9.59 Å². The highest BCUT2D eigenvalue weighted by Gasteiger charge is 2.30. The summed E-state index contributed by atoms with van der Waals surface area (Å²) in [5.41, 5.74) is 4.36. The molecule has 1 N–H and O–H groups in total. The molecule has 0 saturated carbocycles. The van der Waals surface area contributed by atoms with E-state index in [-0.39, 0.29) is 17.6 Å². The standard InChI is InChI=1S/C27H30N2O2S/c1-20-13-15-24(16-14-20)32-19-26(30)29(18-23-12-8-7-9-21(23)2)25(27(31)28-3)17-22-10-5-4-6-11-22/h4-16,25H,17-19H2,1-3H3,(H,28,31). The number of rotatable bonds is 9. The lowest BCUT2D eigenvalue weighted by atomic mass is 10.0. The van der Waals surface area contributed by atoms with Crippen molar-refractivity contribution in [3.05, 3.63) is 101 Å². The number of nitrogens with zero attached hydrogens (tertiary/aromatic N) is 1. The number of hydrogen-bond donors (Lipinski definition) is 1. The lowest BCUT2D eigenvalue weighted by Crippen LogP contribution is -2.50. The number of benzene rings is 3. The molecule has 0 spiro atoms. The third kappa shape index (κ3) is 6.47. The van der Waals surface area contributed by atoms with E-state index in [1.807, 2.05) is 92.7 Å². The van der Waals surface area contributed by atoms with Crippen LogP contribution in [0.15, 0.2) is 83.8 Å². The summed E-state index contributed by atoms with van der Waals surface area (Å²) in [6.07, 6.45) is 0.466. The molecule has 166 valence electrons. The van der Waals surface area contributed by atoms with Gasteiger partial charge in [0.15, 0.2) is 0 Å². The number of hydrogen-bond acceptors (Lipinski definition) is 3. The Balaban J connectivity index is 1.87. The topological polar surface area (TPSA) is 49.4 Å². The molecule has 3 rings (SSSR count). The molecular weight excluding hydrogens is 416 g/mol. The van der Waals surface area contributed by atoms with E-state index in [1.54, 1.807) is 11.9 Å². The van der Waals surface area contributed by atoms with E-state index in [9.17, 15) is 9.59 Å². The van der Waals surface area contributed by atoms with Crippen molar-refractivity contribution in [2.75, 3.05) is 12.8 Å². The van der Waals surface area contributed by atoms with Gasteiger partial charge in [0.2, 0.25) is 11.8 Å². The summed E-state index contributed by atoms with van der Waals surface area (Å²) in [7, 11) is 1.62. The van der Waals surface area contributed by atoms with Gasteiger partial charge >= 0.3 is 0 Å². The van der Waals surface area contributed by atoms with E-state index in [1.165, 1.54) is 17.3 Å². The van der Waals surface area contributed by atoms with Crippen LogP contribution in [-0.4, -0.2) is 35.6 Å². The molecule has 1 unspecified atom stereocenters. The molecule has 32 heavy (non-hydrogen) atoms. The number of aryl methyl sites for hydroxylation is 2. The number of thioether (sulfide) groups is 1. The second-order valence-electron chi connectivity index (χ2n) is 7.87. The maximum Gasteiger partial charge on any atom is 0.242 e. The van der Waals surface area contributed by atoms with E-state index in [0.29, 0.717) is 13.0 Å². The van der Waals surface area contributed by atoms with Crippen LogP contribution in [0.1, 0.15) is 22.3 Å². The molecule has 5 heteroatoms. The normalized spacial score (nSPS) is 11.6. The van der Waals surface area contributed by atoms with Crippen molar-refractivity contribution in [2.45, 2.75) is 37.8 Å². The summed E-state index contributed by atoms with van der Waals surface area (Å²) in [4.78, 5) is 29.2. The second kappa shape index (κ2) is 11.5. The van der Waals surface area contributed by atoms with Crippen LogP contribution in [-0.2, 0) is 22.6 Å². The zero-order chi connectivity index (χ0) is 22.9. The van der Waals surface area contributed by atoms with Crippen LogP contribution < -0.4 is 5.32 Å². The van der Waals surface area contributed by atoms with Crippen molar-refractivity contribution < 1.29 is 9.59 Å². The average molecular weight is 447 g/mol. The van der Waals surface area contributed by atoms with Crippen LogP contribution in [0.25, 0.3) is 0 Å². The van der Waals surface area contributed by atoms with E-state index in [4.69, 9.17) is 0 Å². The van der Waals surface area contributed by atoms with Crippen molar-refractivity contribution in [2.24, 2.45) is 0 Å². The molecule has 1 atom stereocenters. The van der Waals surface area contributed by atoms with Crippen LogP contribution in [0.3, 0.4) is 0 Å². The largest absolute Gasteiger partial charge is 0.357 e. The third-order valence-electron chi connectivity index (χ3n) is 5.50. The average Bonchev–Trinajstić information content (AvgIpc) is 2.82. The molecule has 0 aliphatic rings. The quantitative estimate of drug-likeness (QED) is 0.481. The van der Waals surface area contributed by atoms with Gasteiger partial charge in [0.05, 0.1) is 5.75 Å². The van der Waals surface area contributed by atoms with Gasteiger partial charge in [-0.1, -0.05) is 72.3 Å². The summed E-state index contributed by atoms with van der Waals surface area (Å²) >= 11 is 1.50. The van der Waals surface area contributed by atoms with Gasteiger partial charge < -0.3 is 10.2 Å². The lowest BCUT2D eigenvalue weighted by molar-refractivity contribution is -0.139. The molecule has 0 aliphatic heterocycles. The highest BCUT2D eigenvalue weighted by molar-refractivity contribution is 8.00. The van der Waals surface area contributed by atoms with Crippen molar-refractivity contribution >= 4 is 23.6 Å². The first-order valence-corrected chi connectivity index (χ1v) is 11.8. The summed E-state index contributed by atoms with van der Waals surface area (Å²) in [5, 5.41) is 2.76. The van der Waals surface area contributed by atoms with E-state index in [2.05, 4.69) is 5.32 Å². The molecule has 3 aromatic rings. The molecule has 0 saturated heterocycles. The fraction of sp³-hybridized carbons (Fsp3) is 0.259. The zero-order valence-corrected chi connectivity index (χ0v) is 19.7. The Labute approximate surface area is 195 Å². The third-order valence-corrected chi connectivity index (χ3v) is 6.50. The predicted octanol–water partition coefficient (Wildman–Crippen LogP) is 4.78. The number of carbonyl (C=O) groups excluding carboxylic acids is 2. The van der Waals surface area contributed by atoms with E-state index in [0.717, 1.165) is 21.6 Å². The van der Waals surface area contributed by atoms with Crippen molar-refractivity contribution in [3.63, 3.8) is 0 Å². The molecule has 3 aromatic carbocycles. The Morgan fingerprint density at radius 3 is 2.22 bits per heavy atom. The summed E-state index contributed by atoms with van der Waals surface area (Å²) in [5.74, 6) is 0.0662. The van der Waals surface area contributed by atoms with Crippen LogP contribution in [0.5, 0.6) is 0 Å². The first-order valence-electron chi connectivity index (χ1n) is 10.8. The van der Waals surface area contributed by atoms with Crippen LogP contribution in [0.2, 0.25) is 0 Å². The first kappa shape index (κ1) is 23.6. The smallest absolute Gasteiger partial charge is 0.242 e. The maximum absolute atomic E-state index is 13.5. The maximum atomic E-state index is 13.5. The second-order valence-corrected chi connectivity index (χ2v) is 8.92. The number of nitrogens with one attached hydrogen (secondary N) is 1. The molecule has 4 nitrogen and oxygen atoms in total. The predicted molar refractivity (Wildman–Crippen MR) is 132 cm³/mol. The Hall–Kier alpha value is -3.05. The lowest BCUT2D eigenvalue weighted by Gasteiger charge is -2.31. The minimum atomic E-state index is -0.590. The molecule has 0 aliphatic carbocycles. The summed E-state index contributed by atoms with van der Waals surface area (Å²) in [6.45, 7) is 4.47. The summed E-state index contributed by atoms with van der Waals surface area (Å²) < 4.78 is 0. The molecular formula is C27H30N2O2S. The molecule has 0 aromatic heterocycles. The molecule has 0 bridgehead atoms. The number of amides is 2. The number of carbonyl (C=O) groups is 2. The minimum absolute atomic E-state index is 0.0524. The summed E-state index contributed by atoms with van der Waals surface area (Å²) in [6, 6.07) is 25.4. The fourth-order valence-electron chi connectivity index (χ4n) is 3.55. The van der Waals surface area contributed by atoms with Gasteiger partial charge in [-0.25, -0.2) is 0 Å². The van der Waals surface area contributed by atoms with Crippen LogP contribution >= 0.6 is 11.8 Å². The fourth-order valence-corrected chi connectivity index (χ4v) is 4.34. The van der Waals surface area contributed by atoms with E-state index >= 15 is 0 Å². The van der Waals surface area contributed by atoms with Gasteiger partial charge in [-0.05, 0) is 42.7 Å². The Morgan fingerprint density at radius 2 is 1.56 bits per heavy atom. The highest BCUT2D eigenvalue weighted by Crippen LogP contribution is 2.22. The molecule has 2 amide bonds. The monoisotopic (exact) mass is 446 g/mol. The van der Waals surface area contributed by atoms with Crippen LogP contribution in [0, 0.1) is 13.8 Å². The van der Waals surface area contributed by atoms with Crippen LogP contribution in [0.4, 0.5) is 0 Å². The number of likely N-dealkylation sites (N-methyl/N-ethyl adjacent to an activating group) is 1. The van der Waals surface area contributed by atoms with Crippen molar-refractivity contribution in [3.8, 4) is 0 Å². The van der Waals surface area contributed by atoms with Gasteiger partial charge in [0.25, 0.3) is 0 Å². The van der Waals surface area contributed by atoms with Crippen molar-refractivity contribution in [1.29, 1.82) is 0 Å². The Kier molecular flexibility index (Phi) is 8.51. The van der Waals surface area contributed by atoms with Gasteiger partial charge in [0, 0.05) is 24.9 Å². The molecule has 0 radical (unpaired) electrons. The SMILES string of the molecule is CNC(=O)C(Cc1ccccc1)N(Cc1ccccc1C)C(=O)CSc1ccc(C)cc1. The van der Waals surface area contributed by atoms with Gasteiger partial charge in [-0.15, -0.1) is 11.8 Å². The molecule has 0 fully saturated rings. The Morgan fingerprint density at radius 1 is 0.906 bits per heavy atom. The first-order chi connectivity index (χ1) is 15.5. The van der Waals surface area contributed by atoms with Crippen molar-refractivity contribution in [1.82, 2.24) is 10.2 Å². The molecule has 0 heterocycles. The zero-order valence-electron chi connectivity index (χ0n) is 18.9. The van der Waals surface area contributed by atoms with E-state index < -0.39 is 6.04 Å². The van der Waals surface area contributed by atoms with Gasteiger partial charge in [-0.2, -0.15) is 0 Å². The highest BCUT2D eigenvalue weighted by atomic mass is 32.2.